The summed E-state index contributed by atoms with van der Waals surface area (Å²) in [5.41, 5.74) is 7.64. The molecule has 1 fully saturated rings. The second-order valence-corrected chi connectivity index (χ2v) is 8.68. The third kappa shape index (κ3) is 5.01. The molecule has 0 aromatic heterocycles. The lowest BCUT2D eigenvalue weighted by molar-refractivity contribution is -0.119. The van der Waals surface area contributed by atoms with Crippen LogP contribution in [0.1, 0.15) is 24.9 Å². The zero-order valence-corrected chi connectivity index (χ0v) is 19.2. The lowest BCUT2D eigenvalue weighted by Crippen LogP contribution is -2.45. The molecule has 0 aliphatic carbocycles. The number of nitrogens with zero attached hydrogens (tertiary/aromatic N) is 4. The fourth-order valence-corrected chi connectivity index (χ4v) is 4.27. The standard InChI is InChI=1S/C24H28F2N6O2/c1-15(19-13-17(26)5-8-21(19)31-11-9-30(2)10-12-31)28-24(34)20-14-22(23(27)33)32(29-20)18-6-3-16(25)4-7-18/h3-8,13,15,22H,9-12,14H2,1-2H3,(H2,27,33)(H,28,34). The largest absolute Gasteiger partial charge is 0.369 e. The number of rotatable bonds is 6. The van der Waals surface area contributed by atoms with Gasteiger partial charge in [0, 0.05) is 43.9 Å². The molecule has 0 saturated carbocycles. The van der Waals surface area contributed by atoms with E-state index in [1.165, 1.54) is 41.4 Å². The minimum absolute atomic E-state index is 0.0136. The summed E-state index contributed by atoms with van der Waals surface area (Å²) >= 11 is 0. The predicted molar refractivity (Wildman–Crippen MR) is 127 cm³/mol. The molecule has 8 nitrogen and oxygen atoms in total. The Balaban J connectivity index is 1.53. The van der Waals surface area contributed by atoms with Crippen molar-refractivity contribution in [3.8, 4) is 0 Å². The molecule has 34 heavy (non-hydrogen) atoms. The summed E-state index contributed by atoms with van der Waals surface area (Å²) in [6, 6.07) is 8.64. The molecule has 4 rings (SSSR count). The number of likely N-dealkylation sites (N-methyl/N-ethyl adjacent to an activating group) is 1. The summed E-state index contributed by atoms with van der Waals surface area (Å²) in [4.78, 5) is 29.5. The van der Waals surface area contributed by atoms with Crippen LogP contribution in [0.2, 0.25) is 0 Å². The number of halogens is 2. The summed E-state index contributed by atoms with van der Waals surface area (Å²) in [5.74, 6) is -1.94. The lowest BCUT2D eigenvalue weighted by Gasteiger charge is -2.36. The third-order valence-electron chi connectivity index (χ3n) is 6.24. The number of carbonyl (C=O) groups excluding carboxylic acids is 2. The van der Waals surface area contributed by atoms with Crippen molar-refractivity contribution in [3.63, 3.8) is 0 Å². The van der Waals surface area contributed by atoms with E-state index in [1.807, 2.05) is 0 Å². The summed E-state index contributed by atoms with van der Waals surface area (Å²) < 4.78 is 27.4. The van der Waals surface area contributed by atoms with E-state index >= 15 is 0 Å². The number of amides is 2. The molecule has 0 spiro atoms. The van der Waals surface area contributed by atoms with Gasteiger partial charge in [0.2, 0.25) is 5.91 Å². The van der Waals surface area contributed by atoms with Gasteiger partial charge in [0.05, 0.1) is 11.7 Å². The van der Waals surface area contributed by atoms with Crippen molar-refractivity contribution in [2.75, 3.05) is 43.1 Å². The topological polar surface area (TPSA) is 94.3 Å². The Morgan fingerprint density at radius 1 is 1.06 bits per heavy atom. The highest BCUT2D eigenvalue weighted by molar-refractivity contribution is 6.40. The van der Waals surface area contributed by atoms with Crippen LogP contribution >= 0.6 is 0 Å². The Morgan fingerprint density at radius 3 is 2.35 bits per heavy atom. The number of hydrazone groups is 1. The lowest BCUT2D eigenvalue weighted by atomic mass is 10.0. The molecule has 2 aliphatic rings. The van der Waals surface area contributed by atoms with Crippen molar-refractivity contribution in [1.82, 2.24) is 10.2 Å². The van der Waals surface area contributed by atoms with E-state index in [9.17, 15) is 18.4 Å². The molecule has 2 aromatic carbocycles. The van der Waals surface area contributed by atoms with Crippen LogP contribution in [0.15, 0.2) is 47.6 Å². The van der Waals surface area contributed by atoms with E-state index in [0.29, 0.717) is 11.3 Å². The van der Waals surface area contributed by atoms with Crippen LogP contribution in [0, 0.1) is 11.6 Å². The summed E-state index contributed by atoms with van der Waals surface area (Å²) in [7, 11) is 2.06. The van der Waals surface area contributed by atoms with E-state index in [2.05, 4.69) is 27.3 Å². The van der Waals surface area contributed by atoms with Gasteiger partial charge in [-0.2, -0.15) is 5.10 Å². The van der Waals surface area contributed by atoms with Gasteiger partial charge < -0.3 is 20.9 Å². The molecule has 1 saturated heterocycles. The molecule has 10 heteroatoms. The molecular weight excluding hydrogens is 442 g/mol. The van der Waals surface area contributed by atoms with Crippen LogP contribution in [0.25, 0.3) is 0 Å². The molecule has 2 amide bonds. The van der Waals surface area contributed by atoms with Gasteiger partial charge in [-0.3, -0.25) is 14.6 Å². The molecule has 2 atom stereocenters. The van der Waals surface area contributed by atoms with Gasteiger partial charge in [0.25, 0.3) is 5.91 Å². The maximum Gasteiger partial charge on any atom is 0.268 e. The molecule has 2 aromatic rings. The van der Waals surface area contributed by atoms with Crippen molar-refractivity contribution < 1.29 is 18.4 Å². The molecule has 2 heterocycles. The van der Waals surface area contributed by atoms with Gasteiger partial charge in [0.15, 0.2) is 0 Å². The van der Waals surface area contributed by atoms with Crippen molar-refractivity contribution >= 4 is 28.9 Å². The van der Waals surface area contributed by atoms with Gasteiger partial charge in [-0.15, -0.1) is 0 Å². The first kappa shape index (κ1) is 23.6. The number of hydrogen-bond acceptors (Lipinski definition) is 6. The van der Waals surface area contributed by atoms with Crippen LogP contribution in [0.3, 0.4) is 0 Å². The first-order valence-corrected chi connectivity index (χ1v) is 11.2. The van der Waals surface area contributed by atoms with E-state index in [0.717, 1.165) is 31.9 Å². The second kappa shape index (κ2) is 9.76. The van der Waals surface area contributed by atoms with Crippen molar-refractivity contribution in [2.24, 2.45) is 10.8 Å². The molecule has 3 N–H and O–H groups in total. The summed E-state index contributed by atoms with van der Waals surface area (Å²) in [6.45, 7) is 5.17. The molecule has 0 radical (unpaired) electrons. The number of nitrogens with one attached hydrogen (secondary N) is 1. The van der Waals surface area contributed by atoms with Crippen molar-refractivity contribution in [3.05, 3.63) is 59.7 Å². The Morgan fingerprint density at radius 2 is 1.71 bits per heavy atom. The number of carbonyl (C=O) groups is 2. The highest BCUT2D eigenvalue weighted by atomic mass is 19.1. The van der Waals surface area contributed by atoms with Gasteiger partial charge in [-0.1, -0.05) is 0 Å². The fourth-order valence-electron chi connectivity index (χ4n) is 4.27. The number of nitrogens with two attached hydrogens (primary N) is 1. The smallest absolute Gasteiger partial charge is 0.268 e. The first-order chi connectivity index (χ1) is 16.2. The average Bonchev–Trinajstić information content (AvgIpc) is 3.26. The molecular formula is C24H28F2N6O2. The van der Waals surface area contributed by atoms with E-state index in [4.69, 9.17) is 5.73 Å². The van der Waals surface area contributed by atoms with Crippen LogP contribution in [-0.2, 0) is 9.59 Å². The zero-order valence-electron chi connectivity index (χ0n) is 19.2. The first-order valence-electron chi connectivity index (χ1n) is 11.2. The van der Waals surface area contributed by atoms with E-state index in [1.54, 1.807) is 13.0 Å². The molecule has 2 unspecified atom stereocenters. The number of hydrogen-bond donors (Lipinski definition) is 2. The SMILES string of the molecule is CC(NC(=O)C1=NN(c2ccc(F)cc2)C(C(N)=O)C1)c1cc(F)ccc1N1CCN(C)CC1. The maximum absolute atomic E-state index is 14.1. The second-order valence-electron chi connectivity index (χ2n) is 8.68. The van der Waals surface area contributed by atoms with Gasteiger partial charge >= 0.3 is 0 Å². The Bertz CT molecular complexity index is 1100. The van der Waals surface area contributed by atoms with Crippen LogP contribution < -0.4 is 21.0 Å². The minimum Gasteiger partial charge on any atom is -0.369 e. The quantitative estimate of drug-likeness (QED) is 0.674. The predicted octanol–water partition coefficient (Wildman–Crippen LogP) is 2.01. The highest BCUT2D eigenvalue weighted by Crippen LogP contribution is 2.29. The number of anilines is 2. The van der Waals surface area contributed by atoms with Crippen LogP contribution in [0.4, 0.5) is 20.2 Å². The monoisotopic (exact) mass is 470 g/mol. The summed E-state index contributed by atoms with van der Waals surface area (Å²) in [5, 5.41) is 8.51. The molecule has 2 aliphatic heterocycles. The van der Waals surface area contributed by atoms with Crippen molar-refractivity contribution in [2.45, 2.75) is 25.4 Å². The van der Waals surface area contributed by atoms with Crippen molar-refractivity contribution in [1.29, 1.82) is 0 Å². The maximum atomic E-state index is 14.1. The van der Waals surface area contributed by atoms with Crippen LogP contribution in [0.5, 0.6) is 0 Å². The number of primary amides is 1. The molecule has 0 bridgehead atoms. The van der Waals surface area contributed by atoms with Gasteiger partial charge in [0.1, 0.15) is 23.4 Å². The summed E-state index contributed by atoms with van der Waals surface area (Å²) in [6.07, 6.45) is 0.0136. The molecule has 180 valence electrons. The van der Waals surface area contributed by atoms with Crippen LogP contribution in [-0.4, -0.2) is 61.7 Å². The average molecular weight is 471 g/mol. The third-order valence-corrected chi connectivity index (χ3v) is 6.24. The van der Waals surface area contributed by atoms with Gasteiger partial charge in [-0.05, 0) is 56.4 Å². The Labute approximate surface area is 197 Å². The van der Waals surface area contributed by atoms with E-state index in [-0.39, 0.29) is 17.9 Å². The van der Waals surface area contributed by atoms with E-state index < -0.39 is 29.7 Å². The van der Waals surface area contributed by atoms with Gasteiger partial charge in [-0.25, -0.2) is 8.78 Å². The highest BCUT2D eigenvalue weighted by Gasteiger charge is 2.35. The normalized spacial score (nSPS) is 19.6. The minimum atomic E-state index is -0.864. The Kier molecular flexibility index (Phi) is 6.78. The zero-order chi connectivity index (χ0) is 24.4. The number of benzene rings is 2. The fraction of sp³-hybridized carbons (Fsp3) is 0.375. The number of piperazine rings is 1. The Hall–Kier alpha value is -3.53.